The summed E-state index contributed by atoms with van der Waals surface area (Å²) in [6.07, 6.45) is 5.27. The van der Waals surface area contributed by atoms with Crippen LogP contribution in [0.3, 0.4) is 0 Å². The summed E-state index contributed by atoms with van der Waals surface area (Å²) in [6.45, 7) is 0. The molecule has 3 atom stereocenters. The molecule has 0 aromatic carbocycles. The number of ether oxygens (including phenoxy) is 1. The van der Waals surface area contributed by atoms with Crippen LogP contribution in [0.5, 0.6) is 0 Å². The Morgan fingerprint density at radius 2 is 2.29 bits per heavy atom. The van der Waals surface area contributed by atoms with Crippen LogP contribution in [0.1, 0.15) is 38.5 Å². The molecule has 0 aromatic heterocycles. The molecule has 2 saturated carbocycles. The second kappa shape index (κ2) is 3.54. The van der Waals surface area contributed by atoms with Gasteiger partial charge >= 0.3 is 5.97 Å². The molecule has 0 saturated heterocycles. The summed E-state index contributed by atoms with van der Waals surface area (Å²) in [5, 5.41) is 9.72. The predicted molar refractivity (Wildman–Crippen MR) is 51.6 cm³/mol. The smallest absolute Gasteiger partial charge is 0.311 e. The van der Waals surface area contributed by atoms with Crippen molar-refractivity contribution in [3.63, 3.8) is 0 Å². The third-order valence-corrected chi connectivity index (χ3v) is 3.80. The lowest BCUT2D eigenvalue weighted by molar-refractivity contribution is -0.162. The number of carbonyl (C=O) groups is 1. The van der Waals surface area contributed by atoms with E-state index in [-0.39, 0.29) is 17.5 Å². The predicted octanol–water partition coefficient (Wildman–Crippen LogP) is 1.49. The Hall–Kier alpha value is -0.570. The van der Waals surface area contributed by atoms with Crippen LogP contribution in [0.15, 0.2) is 0 Å². The number of fused-ring (bicyclic) bond motifs is 2. The van der Waals surface area contributed by atoms with Gasteiger partial charge in [-0.25, -0.2) is 0 Å². The highest BCUT2D eigenvalue weighted by atomic mass is 16.5. The lowest BCUT2D eigenvalue weighted by Crippen LogP contribution is -2.44. The quantitative estimate of drug-likeness (QED) is 0.649. The fraction of sp³-hybridized carbons (Fsp3) is 0.909. The van der Waals surface area contributed by atoms with Gasteiger partial charge in [0.25, 0.3) is 0 Å². The molecule has 80 valence electrons. The third kappa shape index (κ3) is 1.54. The molecular formula is C11H18O3. The number of aliphatic hydroxyl groups is 1. The van der Waals surface area contributed by atoms with E-state index in [0.717, 1.165) is 32.1 Å². The molecule has 3 heteroatoms. The van der Waals surface area contributed by atoms with Gasteiger partial charge in [0, 0.05) is 0 Å². The Kier molecular flexibility index (Phi) is 2.52. The lowest BCUT2D eigenvalue weighted by Gasteiger charge is -2.44. The van der Waals surface area contributed by atoms with Gasteiger partial charge in [0.15, 0.2) is 0 Å². The highest BCUT2D eigenvalue weighted by Gasteiger charge is 2.48. The van der Waals surface area contributed by atoms with Crippen LogP contribution in [0.4, 0.5) is 0 Å². The Morgan fingerprint density at radius 1 is 1.50 bits per heavy atom. The molecule has 2 aliphatic carbocycles. The van der Waals surface area contributed by atoms with Gasteiger partial charge in [0.05, 0.1) is 18.6 Å². The van der Waals surface area contributed by atoms with E-state index in [2.05, 4.69) is 0 Å². The maximum atomic E-state index is 11.7. The number of hydrogen-bond acceptors (Lipinski definition) is 3. The highest BCUT2D eigenvalue weighted by molar-refractivity contribution is 5.77. The summed E-state index contributed by atoms with van der Waals surface area (Å²) in [5.41, 5.74) is -0.352. The minimum Gasteiger partial charge on any atom is -0.469 e. The molecule has 3 unspecified atom stereocenters. The number of aliphatic hydroxyl groups excluding tert-OH is 1. The zero-order chi connectivity index (χ0) is 10.2. The van der Waals surface area contributed by atoms with Crippen molar-refractivity contribution >= 4 is 5.97 Å². The minimum atomic E-state index is -0.352. The van der Waals surface area contributed by atoms with Crippen molar-refractivity contribution in [2.24, 2.45) is 11.3 Å². The molecular weight excluding hydrogens is 180 g/mol. The number of methoxy groups -OCH3 is 1. The van der Waals surface area contributed by atoms with Gasteiger partial charge in [-0.1, -0.05) is 12.8 Å². The van der Waals surface area contributed by atoms with Crippen LogP contribution in [-0.4, -0.2) is 24.3 Å². The van der Waals surface area contributed by atoms with Crippen LogP contribution in [0.25, 0.3) is 0 Å². The van der Waals surface area contributed by atoms with Gasteiger partial charge in [-0.05, 0) is 31.6 Å². The van der Waals surface area contributed by atoms with E-state index in [9.17, 15) is 9.90 Å². The van der Waals surface area contributed by atoms with Crippen LogP contribution in [0, 0.1) is 11.3 Å². The van der Waals surface area contributed by atoms with Gasteiger partial charge in [0.1, 0.15) is 0 Å². The van der Waals surface area contributed by atoms with E-state index >= 15 is 0 Å². The second-order valence-corrected chi connectivity index (χ2v) is 4.83. The van der Waals surface area contributed by atoms with Crippen molar-refractivity contribution in [2.45, 2.75) is 44.6 Å². The van der Waals surface area contributed by atoms with Crippen molar-refractivity contribution in [1.29, 1.82) is 0 Å². The summed E-state index contributed by atoms with van der Waals surface area (Å²) in [7, 11) is 1.45. The number of hydrogen-bond donors (Lipinski definition) is 1. The molecule has 0 spiro atoms. The first-order valence-electron chi connectivity index (χ1n) is 5.43. The molecule has 1 N–H and O–H groups in total. The molecule has 0 heterocycles. The van der Waals surface area contributed by atoms with Crippen LogP contribution in [-0.2, 0) is 9.53 Å². The SMILES string of the molecule is COC(=O)C12CCCC(CC(O)C1)C2. The average Bonchev–Trinajstić information content (AvgIpc) is 2.15. The molecule has 3 nitrogen and oxygen atoms in total. The van der Waals surface area contributed by atoms with Gasteiger partial charge in [0.2, 0.25) is 0 Å². The summed E-state index contributed by atoms with van der Waals surface area (Å²) in [5.74, 6) is 0.424. The first kappa shape index (κ1) is 9.97. The number of esters is 1. The third-order valence-electron chi connectivity index (χ3n) is 3.80. The number of carbonyl (C=O) groups excluding carboxylic acids is 1. The van der Waals surface area contributed by atoms with Crippen molar-refractivity contribution in [3.05, 3.63) is 0 Å². The molecule has 2 aliphatic rings. The minimum absolute atomic E-state index is 0.110. The van der Waals surface area contributed by atoms with Gasteiger partial charge in [-0.2, -0.15) is 0 Å². The Labute approximate surface area is 84.4 Å². The van der Waals surface area contributed by atoms with Crippen molar-refractivity contribution in [1.82, 2.24) is 0 Å². The van der Waals surface area contributed by atoms with E-state index in [0.29, 0.717) is 12.3 Å². The van der Waals surface area contributed by atoms with E-state index in [1.165, 1.54) is 7.11 Å². The molecule has 2 fully saturated rings. The summed E-state index contributed by atoms with van der Waals surface area (Å²) in [6, 6.07) is 0. The van der Waals surface area contributed by atoms with Gasteiger partial charge in [-0.3, -0.25) is 4.79 Å². The van der Waals surface area contributed by atoms with Crippen LogP contribution < -0.4 is 0 Å². The van der Waals surface area contributed by atoms with Crippen LogP contribution in [0.2, 0.25) is 0 Å². The fourth-order valence-corrected chi connectivity index (χ4v) is 3.28. The molecule has 14 heavy (non-hydrogen) atoms. The lowest BCUT2D eigenvalue weighted by atomic mass is 9.61. The zero-order valence-corrected chi connectivity index (χ0v) is 8.66. The Balaban J connectivity index is 2.18. The van der Waals surface area contributed by atoms with E-state index in [1.54, 1.807) is 0 Å². The monoisotopic (exact) mass is 198 g/mol. The maximum Gasteiger partial charge on any atom is 0.311 e. The van der Waals surface area contributed by atoms with E-state index < -0.39 is 0 Å². The Morgan fingerprint density at radius 3 is 3.00 bits per heavy atom. The topological polar surface area (TPSA) is 46.5 Å². The Bertz CT molecular complexity index is 235. The van der Waals surface area contributed by atoms with Gasteiger partial charge < -0.3 is 9.84 Å². The fourth-order valence-electron chi connectivity index (χ4n) is 3.28. The van der Waals surface area contributed by atoms with E-state index in [4.69, 9.17) is 4.74 Å². The molecule has 2 rings (SSSR count). The summed E-state index contributed by atoms with van der Waals surface area (Å²) < 4.78 is 4.86. The summed E-state index contributed by atoms with van der Waals surface area (Å²) >= 11 is 0. The maximum absolute atomic E-state index is 11.7. The normalized spacial score (nSPS) is 41.9. The van der Waals surface area contributed by atoms with Crippen molar-refractivity contribution in [2.75, 3.05) is 7.11 Å². The molecule has 0 aromatic rings. The molecule has 0 amide bonds. The largest absolute Gasteiger partial charge is 0.469 e. The van der Waals surface area contributed by atoms with Gasteiger partial charge in [-0.15, -0.1) is 0 Å². The zero-order valence-electron chi connectivity index (χ0n) is 8.66. The summed E-state index contributed by atoms with van der Waals surface area (Å²) in [4.78, 5) is 11.7. The van der Waals surface area contributed by atoms with Crippen LogP contribution >= 0.6 is 0 Å². The first-order chi connectivity index (χ1) is 6.66. The van der Waals surface area contributed by atoms with E-state index in [1.807, 2.05) is 0 Å². The standard InChI is InChI=1S/C11H18O3/c1-14-10(13)11-4-2-3-8(6-11)5-9(12)7-11/h8-9,12H,2-7H2,1H3. The first-order valence-corrected chi connectivity index (χ1v) is 5.43. The molecule has 0 radical (unpaired) electrons. The molecule has 2 bridgehead atoms. The average molecular weight is 198 g/mol. The molecule has 0 aliphatic heterocycles. The van der Waals surface area contributed by atoms with Crippen molar-refractivity contribution < 1.29 is 14.6 Å². The second-order valence-electron chi connectivity index (χ2n) is 4.83. The number of rotatable bonds is 1. The highest BCUT2D eigenvalue weighted by Crippen LogP contribution is 2.49. The van der Waals surface area contributed by atoms with Crippen molar-refractivity contribution in [3.8, 4) is 0 Å².